The molecule has 1 aromatic carbocycles. The average molecular weight is 299 g/mol. The fraction of sp³-hybridized carbons (Fsp3) is 0.462. The standard InChI is InChI=1S/C13H19BrN2O/c1-9(15)12(17)16-8-13(2,3)10-5-4-6-11(14)7-10/h4-7,9H,8,15H2,1-3H3,(H,16,17)/t9-/m1/s1. The van der Waals surface area contributed by atoms with Gasteiger partial charge in [-0.15, -0.1) is 0 Å². The number of rotatable bonds is 4. The third kappa shape index (κ3) is 4.13. The smallest absolute Gasteiger partial charge is 0.236 e. The summed E-state index contributed by atoms with van der Waals surface area (Å²) in [6.45, 7) is 6.44. The molecule has 0 bridgehead atoms. The summed E-state index contributed by atoms with van der Waals surface area (Å²) in [5, 5.41) is 2.86. The zero-order valence-electron chi connectivity index (χ0n) is 10.5. The van der Waals surface area contributed by atoms with Gasteiger partial charge in [0.2, 0.25) is 5.91 Å². The minimum absolute atomic E-state index is 0.117. The first-order valence-electron chi connectivity index (χ1n) is 5.62. The van der Waals surface area contributed by atoms with Gasteiger partial charge in [-0.1, -0.05) is 41.9 Å². The second-order valence-corrected chi connectivity index (χ2v) is 5.82. The maximum absolute atomic E-state index is 11.4. The van der Waals surface area contributed by atoms with Gasteiger partial charge in [-0.05, 0) is 24.6 Å². The molecule has 3 N–H and O–H groups in total. The van der Waals surface area contributed by atoms with Gasteiger partial charge in [0, 0.05) is 16.4 Å². The lowest BCUT2D eigenvalue weighted by Gasteiger charge is -2.26. The summed E-state index contributed by atoms with van der Waals surface area (Å²) in [5.74, 6) is -0.118. The molecule has 94 valence electrons. The van der Waals surface area contributed by atoms with Crippen LogP contribution in [0.15, 0.2) is 28.7 Å². The van der Waals surface area contributed by atoms with Gasteiger partial charge >= 0.3 is 0 Å². The molecule has 1 rings (SSSR count). The van der Waals surface area contributed by atoms with Crippen molar-refractivity contribution >= 4 is 21.8 Å². The molecule has 0 saturated carbocycles. The molecule has 0 aliphatic rings. The number of hydrogen-bond donors (Lipinski definition) is 2. The first-order chi connectivity index (χ1) is 7.83. The zero-order chi connectivity index (χ0) is 13.1. The molecule has 0 aliphatic heterocycles. The van der Waals surface area contributed by atoms with E-state index < -0.39 is 6.04 Å². The van der Waals surface area contributed by atoms with Crippen LogP contribution >= 0.6 is 15.9 Å². The van der Waals surface area contributed by atoms with Crippen molar-refractivity contribution in [2.75, 3.05) is 6.54 Å². The molecular weight excluding hydrogens is 280 g/mol. The molecule has 0 unspecified atom stereocenters. The van der Waals surface area contributed by atoms with Crippen LogP contribution in [0.1, 0.15) is 26.3 Å². The van der Waals surface area contributed by atoms with Gasteiger partial charge in [0.15, 0.2) is 0 Å². The highest BCUT2D eigenvalue weighted by Gasteiger charge is 2.22. The highest BCUT2D eigenvalue weighted by molar-refractivity contribution is 9.10. The van der Waals surface area contributed by atoms with Crippen molar-refractivity contribution in [2.45, 2.75) is 32.2 Å². The minimum Gasteiger partial charge on any atom is -0.354 e. The van der Waals surface area contributed by atoms with Crippen molar-refractivity contribution in [3.63, 3.8) is 0 Å². The average Bonchev–Trinajstić information content (AvgIpc) is 2.26. The lowest BCUT2D eigenvalue weighted by atomic mass is 9.84. The summed E-state index contributed by atoms with van der Waals surface area (Å²) in [6, 6.07) is 7.64. The molecule has 0 aromatic heterocycles. The van der Waals surface area contributed by atoms with E-state index >= 15 is 0 Å². The van der Waals surface area contributed by atoms with Crippen LogP contribution in [0.2, 0.25) is 0 Å². The van der Waals surface area contributed by atoms with Crippen molar-refractivity contribution < 1.29 is 4.79 Å². The Morgan fingerprint density at radius 3 is 2.71 bits per heavy atom. The van der Waals surface area contributed by atoms with Gasteiger partial charge < -0.3 is 11.1 Å². The first-order valence-corrected chi connectivity index (χ1v) is 6.41. The fourth-order valence-electron chi connectivity index (χ4n) is 1.48. The Labute approximate surface area is 111 Å². The SMILES string of the molecule is C[C@@H](N)C(=O)NCC(C)(C)c1cccc(Br)c1. The fourth-order valence-corrected chi connectivity index (χ4v) is 1.88. The van der Waals surface area contributed by atoms with Gasteiger partial charge in [0.05, 0.1) is 6.04 Å². The lowest BCUT2D eigenvalue weighted by Crippen LogP contribution is -2.43. The van der Waals surface area contributed by atoms with Crippen molar-refractivity contribution in [1.29, 1.82) is 0 Å². The van der Waals surface area contributed by atoms with Crippen molar-refractivity contribution in [2.24, 2.45) is 5.73 Å². The lowest BCUT2D eigenvalue weighted by molar-refractivity contribution is -0.122. The summed E-state index contributed by atoms with van der Waals surface area (Å²) < 4.78 is 1.04. The maximum Gasteiger partial charge on any atom is 0.236 e. The van der Waals surface area contributed by atoms with E-state index in [0.717, 1.165) is 4.47 Å². The highest BCUT2D eigenvalue weighted by atomic mass is 79.9. The first kappa shape index (κ1) is 14.2. The highest BCUT2D eigenvalue weighted by Crippen LogP contribution is 2.24. The molecular formula is C13H19BrN2O. The van der Waals surface area contributed by atoms with Gasteiger partial charge in [-0.3, -0.25) is 4.79 Å². The number of benzene rings is 1. The van der Waals surface area contributed by atoms with Crippen molar-refractivity contribution in [3.05, 3.63) is 34.3 Å². The third-order valence-corrected chi connectivity index (χ3v) is 3.22. The number of carbonyl (C=O) groups excluding carboxylic acids is 1. The molecule has 0 fully saturated rings. The van der Waals surface area contributed by atoms with Crippen LogP contribution in [-0.4, -0.2) is 18.5 Å². The summed E-state index contributed by atoms with van der Waals surface area (Å²) in [4.78, 5) is 11.4. The summed E-state index contributed by atoms with van der Waals surface area (Å²) in [7, 11) is 0. The molecule has 0 saturated heterocycles. The molecule has 1 aromatic rings. The van der Waals surface area contributed by atoms with E-state index in [4.69, 9.17) is 5.73 Å². The Bertz CT molecular complexity index is 402. The van der Waals surface area contributed by atoms with Crippen molar-refractivity contribution in [3.8, 4) is 0 Å². The number of nitrogens with one attached hydrogen (secondary N) is 1. The number of halogens is 1. The largest absolute Gasteiger partial charge is 0.354 e. The second-order valence-electron chi connectivity index (χ2n) is 4.90. The number of hydrogen-bond acceptors (Lipinski definition) is 2. The van der Waals surface area contributed by atoms with Gasteiger partial charge in [-0.25, -0.2) is 0 Å². The van der Waals surface area contributed by atoms with Crippen molar-refractivity contribution in [1.82, 2.24) is 5.32 Å². The van der Waals surface area contributed by atoms with E-state index in [1.165, 1.54) is 5.56 Å². The molecule has 1 amide bonds. The summed E-state index contributed by atoms with van der Waals surface area (Å²) >= 11 is 3.45. The van der Waals surface area contributed by atoms with Crippen LogP contribution in [0, 0.1) is 0 Å². The number of nitrogens with two attached hydrogens (primary N) is 1. The molecule has 0 heterocycles. The molecule has 1 atom stereocenters. The Kier molecular flexibility index (Phi) is 4.71. The van der Waals surface area contributed by atoms with Crippen LogP contribution in [0.25, 0.3) is 0 Å². The van der Waals surface area contributed by atoms with Crippen LogP contribution in [0.5, 0.6) is 0 Å². The Morgan fingerprint density at radius 2 is 2.18 bits per heavy atom. The van der Waals surface area contributed by atoms with Crippen LogP contribution in [-0.2, 0) is 10.2 Å². The normalized spacial score (nSPS) is 13.2. The monoisotopic (exact) mass is 298 g/mol. The topological polar surface area (TPSA) is 55.1 Å². The molecule has 4 heteroatoms. The summed E-state index contributed by atoms with van der Waals surface area (Å²) in [6.07, 6.45) is 0. The minimum atomic E-state index is -0.465. The van der Waals surface area contributed by atoms with E-state index in [0.29, 0.717) is 6.54 Å². The van der Waals surface area contributed by atoms with Crippen LogP contribution < -0.4 is 11.1 Å². The molecule has 3 nitrogen and oxygen atoms in total. The second kappa shape index (κ2) is 5.65. The molecule has 17 heavy (non-hydrogen) atoms. The molecule has 0 aliphatic carbocycles. The maximum atomic E-state index is 11.4. The predicted molar refractivity (Wildman–Crippen MR) is 73.8 cm³/mol. The van der Waals surface area contributed by atoms with E-state index in [2.05, 4.69) is 47.2 Å². The Balaban J connectivity index is 2.72. The van der Waals surface area contributed by atoms with Gasteiger partial charge in [0.25, 0.3) is 0 Å². The van der Waals surface area contributed by atoms with Crippen LogP contribution in [0.3, 0.4) is 0 Å². The van der Waals surface area contributed by atoms with Gasteiger partial charge in [-0.2, -0.15) is 0 Å². The van der Waals surface area contributed by atoms with E-state index in [-0.39, 0.29) is 11.3 Å². The van der Waals surface area contributed by atoms with Crippen LogP contribution in [0.4, 0.5) is 0 Å². The van der Waals surface area contributed by atoms with E-state index in [1.54, 1.807) is 6.92 Å². The van der Waals surface area contributed by atoms with Gasteiger partial charge in [0.1, 0.15) is 0 Å². The number of amides is 1. The van der Waals surface area contributed by atoms with E-state index in [9.17, 15) is 4.79 Å². The quantitative estimate of drug-likeness (QED) is 0.895. The third-order valence-electron chi connectivity index (χ3n) is 2.72. The summed E-state index contributed by atoms with van der Waals surface area (Å²) in [5.41, 5.74) is 6.57. The predicted octanol–water partition coefficient (Wildman–Crippen LogP) is 2.19. The van der Waals surface area contributed by atoms with E-state index in [1.807, 2.05) is 12.1 Å². The zero-order valence-corrected chi connectivity index (χ0v) is 12.0. The Morgan fingerprint density at radius 1 is 1.53 bits per heavy atom. The molecule has 0 spiro atoms. The Hall–Kier alpha value is -0.870. The molecule has 0 radical (unpaired) electrons. The number of carbonyl (C=O) groups is 1.